The summed E-state index contributed by atoms with van der Waals surface area (Å²) in [6.45, 7) is 15.7. The molecule has 7 rings (SSSR count). The van der Waals surface area contributed by atoms with Gasteiger partial charge in [-0.25, -0.2) is 9.67 Å². The number of nitrogens with zero attached hydrogens (tertiary/aromatic N) is 4. The van der Waals surface area contributed by atoms with Crippen LogP contribution in [0.3, 0.4) is 0 Å². The molecule has 0 spiro atoms. The molecule has 48 heavy (non-hydrogen) atoms. The standard InChI is InChI=1S/C43H48N4O/c1-8-30-20-21-44-41(22-30)46-39-17-12-11-16-37(39)38-19-18-35(26-40(38)46)48-36-24-33(27(4)5)23-34(25-36)47-29(7)42(28(6)45-47)43-31(9-2)14-13-15-32(43)10-3/h11-12,14,16-27,32,43H,8-10,13,15H2,1-7H3/t32?,43-/m0/s1. The van der Waals surface area contributed by atoms with Crippen molar-refractivity contribution in [1.82, 2.24) is 19.3 Å². The van der Waals surface area contributed by atoms with Gasteiger partial charge in [0.1, 0.15) is 17.3 Å². The fourth-order valence-corrected chi connectivity index (χ4v) is 7.98. The molecule has 0 amide bonds. The van der Waals surface area contributed by atoms with Crippen LogP contribution < -0.4 is 4.74 Å². The van der Waals surface area contributed by atoms with E-state index in [1.807, 2.05) is 6.20 Å². The fraction of sp³-hybridized carbons (Fsp3) is 0.349. The number of para-hydroxylation sites is 1. The van der Waals surface area contributed by atoms with Crippen molar-refractivity contribution in [1.29, 1.82) is 0 Å². The van der Waals surface area contributed by atoms with Gasteiger partial charge in [-0.1, -0.05) is 70.9 Å². The molecule has 3 aromatic heterocycles. The van der Waals surface area contributed by atoms with E-state index in [9.17, 15) is 0 Å². The highest BCUT2D eigenvalue weighted by molar-refractivity contribution is 6.09. The number of aryl methyl sites for hydroxylation is 2. The summed E-state index contributed by atoms with van der Waals surface area (Å²) in [6.07, 6.45) is 10.1. The van der Waals surface area contributed by atoms with Gasteiger partial charge in [-0.05, 0) is 105 Å². The van der Waals surface area contributed by atoms with Crippen molar-refractivity contribution in [2.75, 3.05) is 0 Å². The molecule has 1 unspecified atom stereocenters. The lowest BCUT2D eigenvalue weighted by Crippen LogP contribution is -2.19. The lowest BCUT2D eigenvalue weighted by atomic mass is 9.72. The summed E-state index contributed by atoms with van der Waals surface area (Å²) in [5, 5.41) is 7.58. The smallest absolute Gasteiger partial charge is 0.137 e. The summed E-state index contributed by atoms with van der Waals surface area (Å²) < 4.78 is 11.2. The highest BCUT2D eigenvalue weighted by Gasteiger charge is 2.32. The van der Waals surface area contributed by atoms with Crippen LogP contribution in [-0.2, 0) is 6.42 Å². The molecule has 246 valence electrons. The minimum absolute atomic E-state index is 0.336. The van der Waals surface area contributed by atoms with Crippen molar-refractivity contribution in [2.45, 2.75) is 92.4 Å². The molecule has 0 bridgehead atoms. The van der Waals surface area contributed by atoms with Gasteiger partial charge in [0.25, 0.3) is 0 Å². The van der Waals surface area contributed by atoms with E-state index >= 15 is 0 Å². The van der Waals surface area contributed by atoms with Crippen LogP contribution in [-0.4, -0.2) is 19.3 Å². The Morgan fingerprint density at radius 3 is 2.44 bits per heavy atom. The second kappa shape index (κ2) is 13.1. The lowest BCUT2D eigenvalue weighted by Gasteiger charge is -2.32. The molecule has 3 heterocycles. The van der Waals surface area contributed by atoms with E-state index < -0.39 is 0 Å². The molecule has 5 heteroatoms. The summed E-state index contributed by atoms with van der Waals surface area (Å²) in [5.74, 6) is 3.97. The SMILES string of the molecule is CCC1=CCCC(CC)[C@H]1c1c(C)nn(-c2cc(Oc3ccc4c5ccccc5n(-c5cc(CC)ccn5)c4c3)cc(C(C)C)c2)c1C. The molecule has 6 aromatic rings. The Labute approximate surface area is 285 Å². The van der Waals surface area contributed by atoms with Crippen LogP contribution in [0, 0.1) is 19.8 Å². The molecule has 2 atom stereocenters. The van der Waals surface area contributed by atoms with Crippen molar-refractivity contribution in [2.24, 2.45) is 5.92 Å². The second-order valence-electron chi connectivity index (χ2n) is 13.8. The third-order valence-corrected chi connectivity index (χ3v) is 10.6. The quantitative estimate of drug-likeness (QED) is 0.148. The molecule has 0 aliphatic heterocycles. The predicted octanol–water partition coefficient (Wildman–Crippen LogP) is 11.7. The van der Waals surface area contributed by atoms with Crippen LogP contribution in [0.4, 0.5) is 0 Å². The minimum atomic E-state index is 0.336. The molecule has 0 saturated carbocycles. The maximum Gasteiger partial charge on any atom is 0.137 e. The topological polar surface area (TPSA) is 44.9 Å². The third kappa shape index (κ3) is 5.63. The largest absolute Gasteiger partial charge is 0.457 e. The maximum absolute atomic E-state index is 6.75. The second-order valence-corrected chi connectivity index (χ2v) is 13.8. The normalized spacial score (nSPS) is 16.6. The zero-order chi connectivity index (χ0) is 33.5. The average molecular weight is 637 g/mol. The van der Waals surface area contributed by atoms with Gasteiger partial charge in [-0.15, -0.1) is 0 Å². The molecule has 0 saturated heterocycles. The zero-order valence-corrected chi connectivity index (χ0v) is 29.5. The number of aromatic nitrogens is 4. The first kappa shape index (κ1) is 31.9. The van der Waals surface area contributed by atoms with Crippen LogP contribution >= 0.6 is 0 Å². The molecule has 1 aliphatic carbocycles. The van der Waals surface area contributed by atoms with Crippen LogP contribution in [0.1, 0.15) is 100 Å². The lowest BCUT2D eigenvalue weighted by molar-refractivity contribution is 0.393. The summed E-state index contributed by atoms with van der Waals surface area (Å²) >= 11 is 0. The Morgan fingerprint density at radius 1 is 0.854 bits per heavy atom. The van der Waals surface area contributed by atoms with Crippen molar-refractivity contribution in [3.05, 3.63) is 119 Å². The summed E-state index contributed by atoms with van der Waals surface area (Å²) in [5.41, 5.74) is 11.1. The number of pyridine rings is 1. The molecule has 5 nitrogen and oxygen atoms in total. The van der Waals surface area contributed by atoms with Gasteiger partial charge >= 0.3 is 0 Å². The third-order valence-electron chi connectivity index (χ3n) is 10.6. The van der Waals surface area contributed by atoms with Gasteiger partial charge in [0, 0.05) is 46.3 Å². The Bertz CT molecular complexity index is 2150. The van der Waals surface area contributed by atoms with Gasteiger partial charge in [-0.2, -0.15) is 5.10 Å². The van der Waals surface area contributed by atoms with Crippen LogP contribution in [0.15, 0.2) is 90.6 Å². The summed E-state index contributed by atoms with van der Waals surface area (Å²) in [4.78, 5) is 4.80. The number of rotatable bonds is 9. The van der Waals surface area contributed by atoms with E-state index in [0.717, 1.165) is 52.6 Å². The molecule has 0 N–H and O–H groups in total. The Kier molecular flexibility index (Phi) is 8.72. The van der Waals surface area contributed by atoms with E-state index in [0.29, 0.717) is 17.8 Å². The van der Waals surface area contributed by atoms with Crippen molar-refractivity contribution >= 4 is 21.8 Å². The highest BCUT2D eigenvalue weighted by atomic mass is 16.5. The molecule has 0 fully saturated rings. The number of hydrogen-bond acceptors (Lipinski definition) is 3. The first-order valence-corrected chi connectivity index (χ1v) is 17.9. The monoisotopic (exact) mass is 636 g/mol. The van der Waals surface area contributed by atoms with E-state index in [-0.39, 0.29) is 0 Å². The number of benzene rings is 3. The van der Waals surface area contributed by atoms with Gasteiger partial charge in [0.15, 0.2) is 0 Å². The number of hydrogen-bond donors (Lipinski definition) is 0. The Morgan fingerprint density at radius 2 is 1.67 bits per heavy atom. The van der Waals surface area contributed by atoms with Crippen molar-refractivity contribution < 1.29 is 4.74 Å². The maximum atomic E-state index is 6.75. The minimum Gasteiger partial charge on any atom is -0.457 e. The highest BCUT2D eigenvalue weighted by Crippen LogP contribution is 2.45. The summed E-state index contributed by atoms with van der Waals surface area (Å²) in [7, 11) is 0. The molecular weight excluding hydrogens is 589 g/mol. The van der Waals surface area contributed by atoms with Gasteiger partial charge < -0.3 is 4.74 Å². The number of fused-ring (bicyclic) bond motifs is 3. The molecule has 3 aromatic carbocycles. The van der Waals surface area contributed by atoms with E-state index in [1.165, 1.54) is 52.4 Å². The Balaban J connectivity index is 1.32. The van der Waals surface area contributed by atoms with Crippen LogP contribution in [0.5, 0.6) is 11.5 Å². The van der Waals surface area contributed by atoms with Gasteiger partial charge in [0.05, 0.1) is 22.4 Å². The number of allylic oxidation sites excluding steroid dienone is 2. The van der Waals surface area contributed by atoms with E-state index in [2.05, 4.69) is 137 Å². The Hall–Kier alpha value is -4.64. The van der Waals surface area contributed by atoms with E-state index in [1.54, 1.807) is 5.57 Å². The number of ether oxygens (including phenoxy) is 1. The van der Waals surface area contributed by atoms with Gasteiger partial charge in [0.2, 0.25) is 0 Å². The summed E-state index contributed by atoms with van der Waals surface area (Å²) in [6, 6.07) is 25.9. The average Bonchev–Trinajstić information content (AvgIpc) is 3.59. The fourth-order valence-electron chi connectivity index (χ4n) is 7.98. The van der Waals surface area contributed by atoms with Crippen molar-refractivity contribution in [3.8, 4) is 23.0 Å². The van der Waals surface area contributed by atoms with E-state index in [4.69, 9.17) is 14.8 Å². The predicted molar refractivity (Wildman–Crippen MR) is 199 cm³/mol. The molecule has 0 radical (unpaired) electrons. The first-order chi connectivity index (χ1) is 23.3. The molecular formula is C43H48N4O. The zero-order valence-electron chi connectivity index (χ0n) is 29.5. The van der Waals surface area contributed by atoms with Crippen molar-refractivity contribution in [3.63, 3.8) is 0 Å². The first-order valence-electron chi connectivity index (χ1n) is 17.9. The van der Waals surface area contributed by atoms with Gasteiger partial charge in [-0.3, -0.25) is 4.57 Å². The van der Waals surface area contributed by atoms with Crippen LogP contribution in [0.25, 0.3) is 33.3 Å². The van der Waals surface area contributed by atoms with Crippen LogP contribution in [0.2, 0.25) is 0 Å². The molecule has 1 aliphatic rings.